The molecule has 104 valence electrons. The molecule has 0 heterocycles. The van der Waals surface area contributed by atoms with Crippen LogP contribution in [0.4, 0.5) is 10.5 Å². The van der Waals surface area contributed by atoms with Gasteiger partial charge in [0.25, 0.3) is 0 Å². The molecule has 3 N–H and O–H groups in total. The summed E-state index contributed by atoms with van der Waals surface area (Å²) in [5.41, 5.74) is 1.61. The first-order chi connectivity index (χ1) is 9.04. The minimum absolute atomic E-state index is 0.438. The fourth-order valence-corrected chi connectivity index (χ4v) is 1.70. The molecule has 0 aliphatic carbocycles. The second kappa shape index (κ2) is 7.41. The lowest BCUT2D eigenvalue weighted by molar-refractivity contribution is -0.139. The number of amides is 2. The number of aryl methyl sites for hydroxylation is 1. The summed E-state index contributed by atoms with van der Waals surface area (Å²) < 4.78 is 0. The van der Waals surface area contributed by atoms with Crippen LogP contribution in [0.3, 0.4) is 0 Å². The van der Waals surface area contributed by atoms with Crippen LogP contribution in [-0.2, 0) is 4.79 Å². The maximum atomic E-state index is 11.8. The number of benzene rings is 1. The van der Waals surface area contributed by atoms with Gasteiger partial charge in [-0.1, -0.05) is 38.0 Å². The maximum Gasteiger partial charge on any atom is 0.326 e. The number of urea groups is 1. The number of hydrogen-bond donors (Lipinski definition) is 3. The molecule has 0 aromatic heterocycles. The van der Waals surface area contributed by atoms with E-state index >= 15 is 0 Å². The largest absolute Gasteiger partial charge is 0.480 e. The first-order valence-corrected chi connectivity index (χ1v) is 6.40. The number of unbranched alkanes of at least 4 members (excludes halogenated alkanes) is 1. The monoisotopic (exact) mass is 264 g/mol. The summed E-state index contributed by atoms with van der Waals surface area (Å²) in [7, 11) is 0. The Balaban J connectivity index is 2.58. The molecule has 0 saturated carbocycles. The molecule has 1 aromatic rings. The van der Waals surface area contributed by atoms with E-state index in [4.69, 9.17) is 5.11 Å². The van der Waals surface area contributed by atoms with Crippen molar-refractivity contribution in [3.05, 3.63) is 29.8 Å². The van der Waals surface area contributed by atoms with E-state index < -0.39 is 18.0 Å². The molecule has 1 atom stereocenters. The molecule has 1 rings (SSSR count). The van der Waals surface area contributed by atoms with Gasteiger partial charge < -0.3 is 15.7 Å². The van der Waals surface area contributed by atoms with Crippen molar-refractivity contribution >= 4 is 17.7 Å². The zero-order valence-corrected chi connectivity index (χ0v) is 11.3. The van der Waals surface area contributed by atoms with Gasteiger partial charge in [-0.25, -0.2) is 9.59 Å². The van der Waals surface area contributed by atoms with Crippen molar-refractivity contribution in [1.82, 2.24) is 5.32 Å². The quantitative estimate of drug-likeness (QED) is 0.739. The Hall–Kier alpha value is -2.04. The first-order valence-electron chi connectivity index (χ1n) is 6.40. The van der Waals surface area contributed by atoms with E-state index in [-0.39, 0.29) is 0 Å². The van der Waals surface area contributed by atoms with Gasteiger partial charge in [0.15, 0.2) is 0 Å². The van der Waals surface area contributed by atoms with E-state index in [1.54, 1.807) is 6.07 Å². The van der Waals surface area contributed by atoms with Crippen LogP contribution in [0.15, 0.2) is 24.3 Å². The van der Waals surface area contributed by atoms with Crippen LogP contribution in [0.5, 0.6) is 0 Å². The minimum Gasteiger partial charge on any atom is -0.480 e. The number of para-hydroxylation sites is 1. The zero-order chi connectivity index (χ0) is 14.3. The lowest BCUT2D eigenvalue weighted by Gasteiger charge is -2.15. The maximum absolute atomic E-state index is 11.8. The number of carbonyl (C=O) groups excluding carboxylic acids is 1. The Morgan fingerprint density at radius 2 is 2.00 bits per heavy atom. The van der Waals surface area contributed by atoms with Gasteiger partial charge in [-0.15, -0.1) is 0 Å². The van der Waals surface area contributed by atoms with Crippen molar-refractivity contribution in [2.75, 3.05) is 5.32 Å². The molecular weight excluding hydrogens is 244 g/mol. The number of nitrogens with one attached hydrogen (secondary N) is 2. The molecule has 1 unspecified atom stereocenters. The minimum atomic E-state index is -1.01. The van der Waals surface area contributed by atoms with Crippen LogP contribution in [0.25, 0.3) is 0 Å². The Labute approximate surface area is 113 Å². The number of carboxylic acid groups (broad SMARTS) is 1. The second-order valence-electron chi connectivity index (χ2n) is 4.45. The summed E-state index contributed by atoms with van der Waals surface area (Å²) in [4.78, 5) is 22.8. The number of carboxylic acids is 1. The summed E-state index contributed by atoms with van der Waals surface area (Å²) in [6.45, 7) is 3.85. The number of hydrogen-bond acceptors (Lipinski definition) is 2. The van der Waals surface area contributed by atoms with E-state index in [0.717, 1.165) is 18.4 Å². The van der Waals surface area contributed by atoms with Gasteiger partial charge in [-0.05, 0) is 25.0 Å². The second-order valence-corrected chi connectivity index (χ2v) is 4.45. The van der Waals surface area contributed by atoms with E-state index in [9.17, 15) is 9.59 Å². The van der Waals surface area contributed by atoms with Crippen molar-refractivity contribution in [3.63, 3.8) is 0 Å². The summed E-state index contributed by atoms with van der Waals surface area (Å²) in [6.07, 6.45) is 2.10. The summed E-state index contributed by atoms with van der Waals surface area (Å²) in [5, 5.41) is 14.2. The Morgan fingerprint density at radius 1 is 1.32 bits per heavy atom. The number of rotatable bonds is 6. The Bertz CT molecular complexity index is 446. The van der Waals surface area contributed by atoms with E-state index in [0.29, 0.717) is 12.1 Å². The van der Waals surface area contributed by atoms with Gasteiger partial charge in [0, 0.05) is 5.69 Å². The lowest BCUT2D eigenvalue weighted by Crippen LogP contribution is -2.43. The molecular formula is C14H20N2O3. The van der Waals surface area contributed by atoms with Crippen LogP contribution < -0.4 is 10.6 Å². The number of anilines is 1. The van der Waals surface area contributed by atoms with Gasteiger partial charge in [-0.3, -0.25) is 0 Å². The van der Waals surface area contributed by atoms with Gasteiger partial charge in [-0.2, -0.15) is 0 Å². The highest BCUT2D eigenvalue weighted by Crippen LogP contribution is 2.13. The highest BCUT2D eigenvalue weighted by molar-refractivity contribution is 5.92. The third-order valence-corrected chi connectivity index (χ3v) is 2.84. The first kappa shape index (κ1) is 15.0. The van der Waals surface area contributed by atoms with Crippen LogP contribution in [0.2, 0.25) is 0 Å². The molecule has 0 saturated heterocycles. The van der Waals surface area contributed by atoms with E-state index in [1.165, 1.54) is 0 Å². The molecule has 0 fully saturated rings. The normalized spacial score (nSPS) is 11.7. The SMILES string of the molecule is CCCCC(NC(=O)Nc1ccccc1C)C(=O)O. The van der Waals surface area contributed by atoms with Crippen LogP contribution in [-0.4, -0.2) is 23.1 Å². The molecule has 0 spiro atoms. The smallest absolute Gasteiger partial charge is 0.326 e. The summed E-state index contributed by atoms with van der Waals surface area (Å²) >= 11 is 0. The van der Waals surface area contributed by atoms with Crippen molar-refractivity contribution < 1.29 is 14.7 Å². The summed E-state index contributed by atoms with van der Waals surface area (Å²) in [5.74, 6) is -1.01. The Morgan fingerprint density at radius 3 is 2.58 bits per heavy atom. The van der Waals surface area contributed by atoms with E-state index in [2.05, 4.69) is 10.6 Å². The molecule has 5 heteroatoms. The predicted molar refractivity (Wildman–Crippen MR) is 74.3 cm³/mol. The van der Waals surface area contributed by atoms with Crippen molar-refractivity contribution in [2.45, 2.75) is 39.2 Å². The third kappa shape index (κ3) is 4.99. The van der Waals surface area contributed by atoms with Crippen LogP contribution >= 0.6 is 0 Å². The predicted octanol–water partition coefficient (Wildman–Crippen LogP) is 2.76. The number of carbonyl (C=O) groups is 2. The highest BCUT2D eigenvalue weighted by Gasteiger charge is 2.19. The fraction of sp³-hybridized carbons (Fsp3) is 0.429. The van der Waals surface area contributed by atoms with Gasteiger partial charge in [0.1, 0.15) is 6.04 Å². The summed E-state index contributed by atoms with van der Waals surface area (Å²) in [6, 6.07) is 6.01. The lowest BCUT2D eigenvalue weighted by atomic mass is 10.1. The van der Waals surface area contributed by atoms with Crippen LogP contribution in [0, 0.1) is 6.92 Å². The molecule has 0 bridgehead atoms. The van der Waals surface area contributed by atoms with Gasteiger partial charge in [0.2, 0.25) is 0 Å². The average molecular weight is 264 g/mol. The molecule has 0 aliphatic heterocycles. The molecule has 0 radical (unpaired) electrons. The standard InChI is InChI=1S/C14H20N2O3/c1-3-4-8-12(13(17)18)16-14(19)15-11-9-6-5-7-10(11)2/h5-7,9,12H,3-4,8H2,1-2H3,(H,17,18)(H2,15,16,19). The zero-order valence-electron chi connectivity index (χ0n) is 11.3. The molecule has 1 aromatic carbocycles. The Kier molecular flexibility index (Phi) is 5.85. The average Bonchev–Trinajstić information content (AvgIpc) is 2.37. The highest BCUT2D eigenvalue weighted by atomic mass is 16.4. The van der Waals surface area contributed by atoms with Crippen LogP contribution in [0.1, 0.15) is 31.7 Å². The molecule has 19 heavy (non-hydrogen) atoms. The van der Waals surface area contributed by atoms with E-state index in [1.807, 2.05) is 32.0 Å². The van der Waals surface area contributed by atoms with Crippen molar-refractivity contribution in [1.29, 1.82) is 0 Å². The van der Waals surface area contributed by atoms with Gasteiger partial charge >= 0.3 is 12.0 Å². The van der Waals surface area contributed by atoms with Crippen molar-refractivity contribution in [2.24, 2.45) is 0 Å². The van der Waals surface area contributed by atoms with Crippen molar-refractivity contribution in [3.8, 4) is 0 Å². The molecule has 5 nitrogen and oxygen atoms in total. The molecule has 0 aliphatic rings. The topological polar surface area (TPSA) is 78.4 Å². The number of aliphatic carboxylic acids is 1. The molecule has 2 amide bonds. The van der Waals surface area contributed by atoms with Gasteiger partial charge in [0.05, 0.1) is 0 Å². The fourth-order valence-electron chi connectivity index (χ4n) is 1.70. The third-order valence-electron chi connectivity index (χ3n) is 2.84.